The molecule has 0 amide bonds. The maximum absolute atomic E-state index is 11.5. The molecule has 0 saturated heterocycles. The van der Waals surface area contributed by atoms with Crippen LogP contribution in [0.4, 0.5) is 0 Å². The van der Waals surface area contributed by atoms with Crippen LogP contribution in [0.25, 0.3) is 0 Å². The molecule has 3 atom stereocenters. The Morgan fingerprint density at radius 2 is 1.61 bits per heavy atom. The molecule has 23 heavy (non-hydrogen) atoms. The first-order valence-electron chi connectivity index (χ1n) is 7.99. The van der Waals surface area contributed by atoms with Gasteiger partial charge in [0, 0.05) is 39.1 Å². The minimum Gasteiger partial charge on any atom is -0.303 e. The molecule has 3 rings (SSSR count). The van der Waals surface area contributed by atoms with Gasteiger partial charge in [0.25, 0.3) is 0 Å². The summed E-state index contributed by atoms with van der Waals surface area (Å²) in [7, 11) is -0.923. The van der Waals surface area contributed by atoms with Gasteiger partial charge in [-0.05, 0) is 61.1 Å². The van der Waals surface area contributed by atoms with Crippen LogP contribution in [-0.2, 0) is 10.8 Å². The molecule has 0 aromatic heterocycles. The third kappa shape index (κ3) is 4.23. The second-order valence-corrected chi connectivity index (χ2v) is 8.09. The molecule has 122 valence electrons. The van der Waals surface area contributed by atoms with Gasteiger partial charge in [-0.3, -0.25) is 4.21 Å². The van der Waals surface area contributed by atoms with E-state index in [2.05, 4.69) is 36.5 Å². The predicted molar refractivity (Wildman–Crippen MR) is 97.2 cm³/mol. The summed E-state index contributed by atoms with van der Waals surface area (Å²) in [5, 5.41) is 4.54. The maximum atomic E-state index is 11.5. The zero-order valence-electron chi connectivity index (χ0n) is 13.5. The van der Waals surface area contributed by atoms with Crippen molar-refractivity contribution in [2.45, 2.75) is 36.7 Å². The molecule has 1 aliphatic carbocycles. The van der Waals surface area contributed by atoms with E-state index in [1.165, 1.54) is 24.0 Å². The van der Waals surface area contributed by atoms with Gasteiger partial charge in [-0.1, -0.05) is 35.9 Å². The molecule has 1 fully saturated rings. The second-order valence-electron chi connectivity index (χ2n) is 6.28. The van der Waals surface area contributed by atoms with Crippen molar-refractivity contribution in [1.29, 1.82) is 0 Å². The van der Waals surface area contributed by atoms with Gasteiger partial charge in [0.1, 0.15) is 0 Å². The fourth-order valence-electron chi connectivity index (χ4n) is 2.92. The van der Waals surface area contributed by atoms with Gasteiger partial charge in [-0.15, -0.1) is 0 Å². The average molecular weight is 348 g/mol. The third-order valence-corrected chi connectivity index (χ3v) is 5.65. The molecule has 4 heteroatoms. The van der Waals surface area contributed by atoms with Crippen LogP contribution in [-0.4, -0.2) is 10.5 Å². The highest BCUT2D eigenvalue weighted by Crippen LogP contribution is 2.42. The van der Waals surface area contributed by atoms with Crippen molar-refractivity contribution >= 4 is 22.4 Å². The van der Waals surface area contributed by atoms with E-state index in [0.717, 1.165) is 9.92 Å². The smallest absolute Gasteiger partial charge is 0.0498 e. The summed E-state index contributed by atoms with van der Waals surface area (Å²) in [5.41, 5.74) is 2.52. The third-order valence-electron chi connectivity index (χ3n) is 4.46. The van der Waals surface area contributed by atoms with Gasteiger partial charge >= 0.3 is 0 Å². The van der Waals surface area contributed by atoms with Crippen molar-refractivity contribution in [1.82, 2.24) is 5.32 Å². The number of halogens is 1. The summed E-state index contributed by atoms with van der Waals surface area (Å²) in [6.45, 7) is 2.18. The zero-order chi connectivity index (χ0) is 16.4. The quantitative estimate of drug-likeness (QED) is 0.806. The fourth-order valence-corrected chi connectivity index (χ4v) is 3.56. The Bertz CT molecular complexity index is 680. The van der Waals surface area contributed by atoms with Crippen LogP contribution < -0.4 is 5.32 Å². The molecule has 0 radical (unpaired) electrons. The van der Waals surface area contributed by atoms with Crippen LogP contribution in [0.2, 0.25) is 5.02 Å². The number of benzene rings is 2. The molecule has 2 aromatic rings. The number of hydrogen-bond acceptors (Lipinski definition) is 2. The summed E-state index contributed by atoms with van der Waals surface area (Å²) in [6, 6.07) is 16.8. The molecule has 0 unspecified atom stereocenters. The lowest BCUT2D eigenvalue weighted by atomic mass is 9.99. The summed E-state index contributed by atoms with van der Waals surface area (Å²) in [5.74, 6) is 0.709. The van der Waals surface area contributed by atoms with Gasteiger partial charge < -0.3 is 5.32 Å². The minimum atomic E-state index is -0.923. The molecule has 2 aromatic carbocycles. The van der Waals surface area contributed by atoms with Crippen LogP contribution in [0.1, 0.15) is 43.0 Å². The van der Waals surface area contributed by atoms with Gasteiger partial charge in [0.05, 0.1) is 0 Å². The van der Waals surface area contributed by atoms with Crippen molar-refractivity contribution < 1.29 is 4.21 Å². The Morgan fingerprint density at radius 3 is 2.13 bits per heavy atom. The summed E-state index contributed by atoms with van der Waals surface area (Å²) in [6.07, 6.45) is 4.27. The zero-order valence-corrected chi connectivity index (χ0v) is 15.0. The lowest BCUT2D eigenvalue weighted by molar-refractivity contribution is 0.427. The Labute approximate surface area is 145 Å². The van der Waals surface area contributed by atoms with Crippen LogP contribution in [0.15, 0.2) is 53.4 Å². The Hall–Kier alpha value is -1.16. The monoisotopic (exact) mass is 347 g/mol. The molecule has 2 nitrogen and oxygen atoms in total. The highest BCUT2D eigenvalue weighted by Gasteiger charge is 2.33. The van der Waals surface area contributed by atoms with E-state index >= 15 is 0 Å². The predicted octanol–water partition coefficient (Wildman–Crippen LogP) is 4.88. The first-order valence-corrected chi connectivity index (χ1v) is 9.93. The number of rotatable bonds is 6. The Morgan fingerprint density at radius 1 is 1.04 bits per heavy atom. The van der Waals surface area contributed by atoms with Crippen molar-refractivity contribution in [3.63, 3.8) is 0 Å². The van der Waals surface area contributed by atoms with E-state index in [-0.39, 0.29) is 6.04 Å². The molecule has 1 saturated carbocycles. The maximum Gasteiger partial charge on any atom is 0.0498 e. The van der Waals surface area contributed by atoms with E-state index in [4.69, 9.17) is 11.6 Å². The Balaban J connectivity index is 1.74. The molecule has 0 heterocycles. The van der Waals surface area contributed by atoms with Crippen LogP contribution in [0, 0.1) is 5.92 Å². The molecule has 1 N–H and O–H groups in total. The molecule has 0 aliphatic heterocycles. The highest BCUT2D eigenvalue weighted by molar-refractivity contribution is 7.84. The van der Waals surface area contributed by atoms with E-state index in [1.807, 2.05) is 24.3 Å². The minimum absolute atomic E-state index is 0.246. The molecular weight excluding hydrogens is 326 g/mol. The van der Waals surface area contributed by atoms with E-state index < -0.39 is 10.8 Å². The van der Waals surface area contributed by atoms with Gasteiger partial charge in [-0.25, -0.2) is 0 Å². The molecule has 1 aliphatic rings. The number of hydrogen-bond donors (Lipinski definition) is 1. The van der Waals surface area contributed by atoms with E-state index in [9.17, 15) is 4.21 Å². The Kier molecular flexibility index (Phi) is 5.20. The highest BCUT2D eigenvalue weighted by atomic mass is 35.5. The normalized spacial score (nSPS) is 18.4. The van der Waals surface area contributed by atoms with Gasteiger partial charge in [0.2, 0.25) is 0 Å². The largest absolute Gasteiger partial charge is 0.303 e. The fraction of sp³-hybridized carbons (Fsp3) is 0.368. The van der Waals surface area contributed by atoms with Crippen LogP contribution in [0.5, 0.6) is 0 Å². The summed E-state index contributed by atoms with van der Waals surface area (Å²) < 4.78 is 11.5. The van der Waals surface area contributed by atoms with Gasteiger partial charge in [-0.2, -0.15) is 0 Å². The lowest BCUT2D eigenvalue weighted by Crippen LogP contribution is -2.26. The lowest BCUT2D eigenvalue weighted by Gasteiger charge is -2.24. The average Bonchev–Trinajstić information content (AvgIpc) is 3.38. The van der Waals surface area contributed by atoms with E-state index in [1.54, 1.807) is 6.26 Å². The topological polar surface area (TPSA) is 29.1 Å². The van der Waals surface area contributed by atoms with Crippen LogP contribution in [0.3, 0.4) is 0 Å². The SMILES string of the molecule is C[C@H](N[C@H](c1ccc(Cl)cc1)C1CC1)c1ccc([S@](C)=O)cc1. The summed E-state index contributed by atoms with van der Waals surface area (Å²) in [4.78, 5) is 0.873. The standard InChI is InChI=1S/C19H22ClNOS/c1-13(14-7-11-18(12-8-14)23(2)22)21-19(15-3-4-15)16-5-9-17(20)10-6-16/h5-13,15,19,21H,3-4H2,1-2H3/t13-,19-,23-/m0/s1. The van der Waals surface area contributed by atoms with Crippen molar-refractivity contribution in [2.75, 3.05) is 6.26 Å². The first kappa shape index (κ1) is 16.7. The molecular formula is C19H22ClNOS. The van der Waals surface area contributed by atoms with E-state index in [0.29, 0.717) is 12.0 Å². The van der Waals surface area contributed by atoms with Crippen molar-refractivity contribution in [2.24, 2.45) is 5.92 Å². The van der Waals surface area contributed by atoms with Crippen LogP contribution >= 0.6 is 11.6 Å². The van der Waals surface area contributed by atoms with Gasteiger partial charge in [0.15, 0.2) is 0 Å². The first-order chi connectivity index (χ1) is 11.0. The van der Waals surface area contributed by atoms with Crippen molar-refractivity contribution in [3.05, 3.63) is 64.7 Å². The van der Waals surface area contributed by atoms with Crippen molar-refractivity contribution in [3.8, 4) is 0 Å². The molecule has 0 bridgehead atoms. The molecule has 0 spiro atoms. The second kappa shape index (κ2) is 7.16. The number of nitrogens with one attached hydrogen (secondary N) is 1. The summed E-state index contributed by atoms with van der Waals surface area (Å²) >= 11 is 6.01.